The molecule has 0 aliphatic heterocycles. The third kappa shape index (κ3) is 15.3. The molecule has 0 aromatic carbocycles. The van der Waals surface area contributed by atoms with Gasteiger partial charge >= 0.3 is 6.09 Å². The minimum Gasteiger partial charge on any atom is -0.465 e. The van der Waals surface area contributed by atoms with Gasteiger partial charge in [0.05, 0.1) is 0 Å². The summed E-state index contributed by atoms with van der Waals surface area (Å²) in [5, 5.41) is 10.8. The highest BCUT2D eigenvalue weighted by molar-refractivity contribution is 5.64. The normalized spacial score (nSPS) is 10.4. The van der Waals surface area contributed by atoms with Crippen LogP contribution in [0.1, 0.15) is 77.6 Å². The van der Waals surface area contributed by atoms with Crippen LogP contribution >= 0.6 is 0 Å². The minimum atomic E-state index is -0.905. The van der Waals surface area contributed by atoms with Crippen molar-refractivity contribution in [3.63, 3.8) is 0 Å². The molecule has 0 fully saturated rings. The van der Waals surface area contributed by atoms with E-state index in [0.717, 1.165) is 12.8 Å². The molecule has 0 aliphatic carbocycles. The molecule has 0 spiro atoms. The molecule has 0 aliphatic rings. The highest BCUT2D eigenvalue weighted by Crippen LogP contribution is 2.10. The summed E-state index contributed by atoms with van der Waals surface area (Å²) in [6.07, 6.45) is 13.4. The Kier molecular flexibility index (Phi) is 12.8. The number of hydrogen-bond acceptors (Lipinski definition) is 1. The average molecular weight is 243 g/mol. The van der Waals surface area contributed by atoms with Gasteiger partial charge in [0.25, 0.3) is 0 Å². The van der Waals surface area contributed by atoms with Gasteiger partial charge in [0.2, 0.25) is 0 Å². The van der Waals surface area contributed by atoms with Crippen LogP contribution in [0.25, 0.3) is 0 Å². The SMILES string of the molecule is CCCCCCCCCCCCCNC(=O)O. The van der Waals surface area contributed by atoms with Crippen molar-refractivity contribution in [3.05, 3.63) is 0 Å². The lowest BCUT2D eigenvalue weighted by atomic mass is 10.1. The molecule has 0 heterocycles. The van der Waals surface area contributed by atoms with Gasteiger partial charge in [-0.05, 0) is 6.42 Å². The van der Waals surface area contributed by atoms with Crippen molar-refractivity contribution in [3.8, 4) is 0 Å². The summed E-state index contributed by atoms with van der Waals surface area (Å²) >= 11 is 0. The van der Waals surface area contributed by atoms with Gasteiger partial charge in [-0.1, -0.05) is 71.1 Å². The molecular weight excluding hydrogens is 214 g/mol. The Morgan fingerprint density at radius 3 is 1.65 bits per heavy atom. The van der Waals surface area contributed by atoms with E-state index < -0.39 is 6.09 Å². The van der Waals surface area contributed by atoms with Crippen LogP contribution in [-0.2, 0) is 0 Å². The maximum absolute atomic E-state index is 10.2. The first-order valence-corrected chi connectivity index (χ1v) is 7.24. The molecule has 0 aromatic rings. The van der Waals surface area contributed by atoms with Crippen molar-refractivity contribution in [2.75, 3.05) is 6.54 Å². The second-order valence-electron chi connectivity index (χ2n) is 4.77. The summed E-state index contributed by atoms with van der Waals surface area (Å²) in [4.78, 5) is 10.2. The van der Waals surface area contributed by atoms with E-state index in [1.54, 1.807) is 0 Å². The van der Waals surface area contributed by atoms with Crippen LogP contribution in [0.3, 0.4) is 0 Å². The summed E-state index contributed by atoms with van der Waals surface area (Å²) < 4.78 is 0. The first kappa shape index (κ1) is 16.3. The van der Waals surface area contributed by atoms with E-state index in [4.69, 9.17) is 5.11 Å². The maximum Gasteiger partial charge on any atom is 0.404 e. The molecule has 17 heavy (non-hydrogen) atoms. The third-order valence-corrected chi connectivity index (χ3v) is 3.06. The van der Waals surface area contributed by atoms with Crippen molar-refractivity contribution in [2.45, 2.75) is 77.6 Å². The van der Waals surface area contributed by atoms with E-state index in [9.17, 15) is 4.79 Å². The predicted octanol–water partition coefficient (Wildman–Crippen LogP) is 4.57. The van der Waals surface area contributed by atoms with Crippen molar-refractivity contribution >= 4 is 6.09 Å². The first-order chi connectivity index (χ1) is 8.27. The second kappa shape index (κ2) is 13.3. The van der Waals surface area contributed by atoms with E-state index >= 15 is 0 Å². The first-order valence-electron chi connectivity index (χ1n) is 7.24. The molecule has 3 heteroatoms. The number of nitrogens with one attached hydrogen (secondary N) is 1. The number of rotatable bonds is 12. The van der Waals surface area contributed by atoms with Crippen molar-refractivity contribution < 1.29 is 9.90 Å². The lowest BCUT2D eigenvalue weighted by molar-refractivity contribution is 0.194. The molecule has 0 bridgehead atoms. The summed E-state index contributed by atoms with van der Waals surface area (Å²) in [7, 11) is 0. The molecule has 0 aromatic heterocycles. The third-order valence-electron chi connectivity index (χ3n) is 3.06. The smallest absolute Gasteiger partial charge is 0.404 e. The molecule has 0 unspecified atom stereocenters. The van der Waals surface area contributed by atoms with Crippen LogP contribution in [0, 0.1) is 0 Å². The molecule has 0 radical (unpaired) electrons. The van der Waals surface area contributed by atoms with Crippen LogP contribution in [-0.4, -0.2) is 17.7 Å². The van der Waals surface area contributed by atoms with Gasteiger partial charge in [0.1, 0.15) is 0 Å². The van der Waals surface area contributed by atoms with Gasteiger partial charge in [-0.3, -0.25) is 0 Å². The fourth-order valence-electron chi connectivity index (χ4n) is 1.98. The van der Waals surface area contributed by atoms with Crippen LogP contribution in [0.2, 0.25) is 0 Å². The van der Waals surface area contributed by atoms with Crippen molar-refractivity contribution in [2.24, 2.45) is 0 Å². The zero-order valence-electron chi connectivity index (χ0n) is 11.3. The van der Waals surface area contributed by atoms with E-state index in [2.05, 4.69) is 12.2 Å². The summed E-state index contributed by atoms with van der Waals surface area (Å²) in [5.74, 6) is 0. The molecule has 1 amide bonds. The zero-order valence-corrected chi connectivity index (χ0v) is 11.3. The van der Waals surface area contributed by atoms with Gasteiger partial charge in [-0.15, -0.1) is 0 Å². The van der Waals surface area contributed by atoms with E-state index in [0.29, 0.717) is 6.54 Å². The number of hydrogen-bond donors (Lipinski definition) is 2. The van der Waals surface area contributed by atoms with Crippen LogP contribution in [0.15, 0.2) is 0 Å². The molecular formula is C14H29NO2. The van der Waals surface area contributed by atoms with E-state index in [-0.39, 0.29) is 0 Å². The fourth-order valence-corrected chi connectivity index (χ4v) is 1.98. The van der Waals surface area contributed by atoms with E-state index in [1.165, 1.54) is 57.8 Å². The second-order valence-corrected chi connectivity index (χ2v) is 4.77. The standard InChI is InChI=1S/C14H29NO2/c1-2-3-4-5-6-7-8-9-10-11-12-13-15-14(16)17/h15H,2-13H2,1H3,(H,16,17). The largest absolute Gasteiger partial charge is 0.465 e. The topological polar surface area (TPSA) is 49.3 Å². The summed E-state index contributed by atoms with van der Waals surface area (Å²) in [5.41, 5.74) is 0. The van der Waals surface area contributed by atoms with Gasteiger partial charge in [-0.2, -0.15) is 0 Å². The van der Waals surface area contributed by atoms with E-state index in [1.807, 2.05) is 0 Å². The molecule has 0 rings (SSSR count). The van der Waals surface area contributed by atoms with Crippen LogP contribution in [0.5, 0.6) is 0 Å². The monoisotopic (exact) mass is 243 g/mol. The average Bonchev–Trinajstić information content (AvgIpc) is 2.30. The number of amides is 1. The zero-order chi connectivity index (χ0) is 12.8. The Labute approximate surface area is 106 Å². The number of carboxylic acid groups (broad SMARTS) is 1. The van der Waals surface area contributed by atoms with Gasteiger partial charge in [-0.25, -0.2) is 4.79 Å². The lowest BCUT2D eigenvalue weighted by Gasteiger charge is -2.02. The molecule has 0 saturated heterocycles. The highest BCUT2D eigenvalue weighted by atomic mass is 16.4. The van der Waals surface area contributed by atoms with Crippen LogP contribution in [0.4, 0.5) is 4.79 Å². The van der Waals surface area contributed by atoms with Crippen LogP contribution < -0.4 is 5.32 Å². The Morgan fingerprint density at radius 2 is 1.24 bits per heavy atom. The van der Waals surface area contributed by atoms with Gasteiger partial charge in [0.15, 0.2) is 0 Å². The Balaban J connectivity index is 2.91. The summed E-state index contributed by atoms with van der Waals surface area (Å²) in [6, 6.07) is 0. The highest BCUT2D eigenvalue weighted by Gasteiger charge is 1.94. The Bertz CT molecular complexity index is 172. The fraction of sp³-hybridized carbons (Fsp3) is 0.929. The minimum absolute atomic E-state index is 0.604. The Hall–Kier alpha value is -0.730. The quantitative estimate of drug-likeness (QED) is 0.493. The maximum atomic E-state index is 10.2. The molecule has 3 nitrogen and oxygen atoms in total. The molecule has 0 atom stereocenters. The van der Waals surface area contributed by atoms with Gasteiger partial charge < -0.3 is 10.4 Å². The molecule has 2 N–H and O–H groups in total. The lowest BCUT2D eigenvalue weighted by Crippen LogP contribution is -2.21. The van der Waals surface area contributed by atoms with Crippen molar-refractivity contribution in [1.82, 2.24) is 5.32 Å². The summed E-state index contributed by atoms with van der Waals surface area (Å²) in [6.45, 7) is 2.85. The van der Waals surface area contributed by atoms with Crippen molar-refractivity contribution in [1.29, 1.82) is 0 Å². The predicted molar refractivity (Wildman–Crippen MR) is 72.5 cm³/mol. The van der Waals surface area contributed by atoms with Gasteiger partial charge in [0, 0.05) is 6.54 Å². The number of carbonyl (C=O) groups is 1. The molecule has 102 valence electrons. The molecule has 0 saturated carbocycles. The Morgan fingerprint density at radius 1 is 0.824 bits per heavy atom. The number of unbranched alkanes of at least 4 members (excludes halogenated alkanes) is 10.